The van der Waals surface area contributed by atoms with Gasteiger partial charge in [0.05, 0.1) is 22.2 Å². The topological polar surface area (TPSA) is 221 Å². The van der Waals surface area contributed by atoms with Crippen molar-refractivity contribution in [2.24, 2.45) is 0 Å². The van der Waals surface area contributed by atoms with Gasteiger partial charge in [0, 0.05) is 60.1 Å². The van der Waals surface area contributed by atoms with Crippen molar-refractivity contribution in [3.63, 3.8) is 0 Å². The summed E-state index contributed by atoms with van der Waals surface area (Å²) in [6.07, 6.45) is -5.46. The van der Waals surface area contributed by atoms with E-state index in [2.05, 4.69) is 5.32 Å². The maximum atomic E-state index is 14.2. The van der Waals surface area contributed by atoms with Crippen LogP contribution in [0.3, 0.4) is 0 Å². The molecule has 57 heavy (non-hydrogen) atoms. The van der Waals surface area contributed by atoms with E-state index in [1.165, 1.54) is 18.2 Å². The Labute approximate surface area is 332 Å². The van der Waals surface area contributed by atoms with Gasteiger partial charge in [-0.3, -0.25) is 28.8 Å². The number of rotatable bonds is 17. The van der Waals surface area contributed by atoms with Crippen molar-refractivity contribution in [3.8, 4) is 0 Å². The second kappa shape index (κ2) is 19.9. The van der Waals surface area contributed by atoms with Gasteiger partial charge < -0.3 is 39.1 Å². The minimum atomic E-state index is -3.93. The zero-order valence-corrected chi connectivity index (χ0v) is 34.5. The smallest absolute Gasteiger partial charge is 0.303 e. The minimum Gasteiger partial charge on any atom is -0.462 e. The van der Waals surface area contributed by atoms with Gasteiger partial charge in [-0.1, -0.05) is 38.8 Å². The van der Waals surface area contributed by atoms with Gasteiger partial charge in [-0.25, -0.2) is 8.42 Å². The Morgan fingerprint density at radius 3 is 2.02 bits per heavy atom. The molecule has 314 valence electrons. The Bertz CT molecular complexity index is 1920. The summed E-state index contributed by atoms with van der Waals surface area (Å²) >= 11 is 0. The van der Waals surface area contributed by atoms with Gasteiger partial charge in [0.2, 0.25) is 6.10 Å². The lowest BCUT2D eigenvalue weighted by Gasteiger charge is -2.42. The van der Waals surface area contributed by atoms with Gasteiger partial charge in [0.25, 0.3) is 5.91 Å². The van der Waals surface area contributed by atoms with Crippen molar-refractivity contribution >= 4 is 57.0 Å². The number of hydrogen-bond acceptors (Lipinski definition) is 16. The molecule has 6 atom stereocenters. The number of carbonyl (C=O) groups excluding carboxylic acids is 6. The van der Waals surface area contributed by atoms with Crippen LogP contribution in [0.5, 0.6) is 0 Å². The number of nitrogens with zero attached hydrogens (tertiary/aromatic N) is 2. The number of hydroxylamine groups is 2. The van der Waals surface area contributed by atoms with Crippen molar-refractivity contribution in [1.82, 2.24) is 5.06 Å². The molecule has 0 spiro atoms. The van der Waals surface area contributed by atoms with E-state index in [1.807, 2.05) is 13.8 Å². The number of sulfone groups is 1. The molecule has 17 nitrogen and oxygen atoms in total. The number of ether oxygens (including phenoxy) is 5. The Morgan fingerprint density at radius 1 is 0.860 bits per heavy atom. The number of esters is 5. The van der Waals surface area contributed by atoms with Crippen LogP contribution in [0.25, 0.3) is 0 Å². The third kappa shape index (κ3) is 12.0. The number of anilines is 2. The number of unbranched alkanes of at least 4 members (excludes halogenated alkanes) is 1. The Hall–Kier alpha value is -5.07. The molecule has 0 saturated carbocycles. The molecule has 2 N–H and O–H groups in total. The van der Waals surface area contributed by atoms with E-state index in [0.717, 1.165) is 46.1 Å². The number of carbonyl (C=O) groups is 6. The predicted octanol–water partition coefficient (Wildman–Crippen LogP) is 3.89. The van der Waals surface area contributed by atoms with Crippen LogP contribution in [0.2, 0.25) is 0 Å². The van der Waals surface area contributed by atoms with Gasteiger partial charge in [-0.15, -0.1) is 0 Å². The van der Waals surface area contributed by atoms with E-state index < -0.39 is 88.2 Å². The van der Waals surface area contributed by atoms with E-state index >= 15 is 0 Å². The van der Waals surface area contributed by atoms with Gasteiger partial charge in [0.1, 0.15) is 6.61 Å². The highest BCUT2D eigenvalue weighted by molar-refractivity contribution is 7.91. The highest BCUT2D eigenvalue weighted by Crippen LogP contribution is 2.45. The van der Waals surface area contributed by atoms with Crippen molar-refractivity contribution < 1.29 is 66.1 Å². The summed E-state index contributed by atoms with van der Waals surface area (Å²) in [6.45, 7) is 8.10. The summed E-state index contributed by atoms with van der Waals surface area (Å²) in [5.41, 5.74) is 0.254. The van der Waals surface area contributed by atoms with E-state index in [4.69, 9.17) is 23.7 Å². The van der Waals surface area contributed by atoms with Gasteiger partial charge in [0.15, 0.2) is 28.1 Å². The molecule has 0 aromatic heterocycles. The third-order valence-electron chi connectivity index (χ3n) is 9.36. The first-order chi connectivity index (χ1) is 26.7. The van der Waals surface area contributed by atoms with E-state index in [9.17, 15) is 42.4 Å². The van der Waals surface area contributed by atoms with Crippen LogP contribution in [0, 0.1) is 0 Å². The summed E-state index contributed by atoms with van der Waals surface area (Å²) in [4.78, 5) is 77.1. The summed E-state index contributed by atoms with van der Waals surface area (Å²) < 4.78 is 54.6. The van der Waals surface area contributed by atoms with Crippen molar-refractivity contribution in [2.75, 3.05) is 36.7 Å². The SMILES string of the molecule is CCCC[C@]1(CC)CS(=O)(=O)c2ccc(N(C)C)cc2[C@@H](c2cccc(NC(=O)[C@H](OC(C)=O)[C@@H](OC(C)=O)[C@H](OC(C)=O)[C@@H](COC(C)=O)OC(C)=O)c2)N1O. The number of nitrogens with one attached hydrogen (secondary N) is 1. The quantitative estimate of drug-likeness (QED) is 0.171. The van der Waals surface area contributed by atoms with Crippen LogP contribution in [0.15, 0.2) is 47.4 Å². The zero-order chi connectivity index (χ0) is 42.8. The average molecular weight is 820 g/mol. The lowest BCUT2D eigenvalue weighted by atomic mass is 9.87. The van der Waals surface area contributed by atoms with Crippen molar-refractivity contribution in [3.05, 3.63) is 53.6 Å². The zero-order valence-electron chi connectivity index (χ0n) is 33.7. The molecule has 2 aromatic rings. The molecule has 0 radical (unpaired) electrons. The highest BCUT2D eigenvalue weighted by atomic mass is 32.2. The number of hydrogen-bond donors (Lipinski definition) is 2. The Kier molecular flexibility index (Phi) is 16.1. The van der Waals surface area contributed by atoms with Crippen LogP contribution < -0.4 is 10.2 Å². The van der Waals surface area contributed by atoms with Crippen LogP contribution in [-0.2, 0) is 62.3 Å². The summed E-state index contributed by atoms with van der Waals surface area (Å²) in [6, 6.07) is 10.1. The molecule has 1 aliphatic rings. The number of benzene rings is 2. The molecule has 1 aliphatic heterocycles. The second-order valence-electron chi connectivity index (χ2n) is 14.0. The molecule has 1 amide bonds. The van der Waals surface area contributed by atoms with Crippen molar-refractivity contribution in [1.29, 1.82) is 0 Å². The molecule has 0 saturated heterocycles. The molecule has 2 aromatic carbocycles. The fourth-order valence-corrected chi connectivity index (χ4v) is 8.91. The highest BCUT2D eigenvalue weighted by Gasteiger charge is 2.49. The number of amides is 1. The molecule has 0 unspecified atom stereocenters. The summed E-state index contributed by atoms with van der Waals surface area (Å²) in [5.74, 6) is -6.16. The lowest BCUT2D eigenvalue weighted by molar-refractivity contribution is -0.202. The molecule has 3 rings (SSSR count). The van der Waals surface area contributed by atoms with E-state index in [-0.39, 0.29) is 16.3 Å². The fourth-order valence-electron chi connectivity index (χ4n) is 6.76. The van der Waals surface area contributed by atoms with Gasteiger partial charge in [-0.2, -0.15) is 5.06 Å². The largest absolute Gasteiger partial charge is 0.462 e. The van der Waals surface area contributed by atoms with Gasteiger partial charge in [-0.05, 0) is 54.3 Å². The summed E-state index contributed by atoms with van der Waals surface area (Å²) in [7, 11) is -0.337. The van der Waals surface area contributed by atoms with E-state index in [1.54, 1.807) is 43.3 Å². The number of fused-ring (bicyclic) bond motifs is 1. The van der Waals surface area contributed by atoms with Gasteiger partial charge >= 0.3 is 29.8 Å². The fraction of sp³-hybridized carbons (Fsp3) is 0.538. The molecular weight excluding hydrogens is 767 g/mol. The molecule has 18 heteroatoms. The first-order valence-electron chi connectivity index (χ1n) is 18.4. The molecule has 0 aliphatic carbocycles. The van der Waals surface area contributed by atoms with Crippen LogP contribution in [0.4, 0.5) is 11.4 Å². The van der Waals surface area contributed by atoms with Crippen LogP contribution >= 0.6 is 0 Å². The molecule has 0 fully saturated rings. The average Bonchev–Trinajstić information content (AvgIpc) is 3.18. The predicted molar refractivity (Wildman–Crippen MR) is 205 cm³/mol. The molecule has 1 heterocycles. The Balaban J connectivity index is 2.22. The maximum Gasteiger partial charge on any atom is 0.303 e. The lowest BCUT2D eigenvalue weighted by Crippen LogP contribution is -2.56. The standard InChI is InChI=1S/C39H53N3O14S/c1-10-12-18-39(11-2)22-57(50,51)33-17-16-30(41(8)9)20-31(33)34(42(39)49)28-14-13-15-29(19-28)40-38(48)37(56-27(7)47)36(55-26(6)46)35(54-25(5)45)32(53-24(4)44)21-52-23(3)43/h13-17,19-20,32,34-37,49H,10-12,18,21-22H2,1-9H3,(H,40,48)/t32-,34-,35-,36+,37-,39-/m1/s1. The summed E-state index contributed by atoms with van der Waals surface area (Å²) in [5, 5.41) is 16.0. The van der Waals surface area contributed by atoms with Crippen LogP contribution in [-0.4, -0.2) is 111 Å². The monoisotopic (exact) mass is 819 g/mol. The third-order valence-corrected chi connectivity index (χ3v) is 11.3. The minimum absolute atomic E-state index is 0.0464. The second-order valence-corrected chi connectivity index (χ2v) is 16.0. The Morgan fingerprint density at radius 2 is 1.47 bits per heavy atom. The van der Waals surface area contributed by atoms with Crippen molar-refractivity contribution in [2.45, 2.75) is 115 Å². The normalized spacial score (nSPS) is 19.6. The van der Waals surface area contributed by atoms with E-state index in [0.29, 0.717) is 36.1 Å². The molecule has 0 bridgehead atoms. The van der Waals surface area contributed by atoms with Crippen LogP contribution in [0.1, 0.15) is 91.3 Å². The first-order valence-corrected chi connectivity index (χ1v) is 20.1. The first kappa shape index (κ1) is 46.3. The maximum absolute atomic E-state index is 14.2. The molecular formula is C39H53N3O14S.